The van der Waals surface area contributed by atoms with Gasteiger partial charge in [-0.05, 0) is 12.2 Å². The fourth-order valence-electron chi connectivity index (χ4n) is 8.12. The molecule has 3 heterocycles. The number of aliphatic hydroxyl groups is 12. The van der Waals surface area contributed by atoms with Gasteiger partial charge in [-0.3, -0.25) is 0 Å². The number of aliphatic hydroxyl groups excluding tert-OH is 10. The summed E-state index contributed by atoms with van der Waals surface area (Å²) in [6.45, 7) is -0.663. The number of unbranched alkanes of at least 4 members (excludes halogenated alkanes) is 15. The van der Waals surface area contributed by atoms with E-state index >= 15 is 0 Å². The SMILES string of the molecule is CCCCCCCCCCCCCCCCCCSCCO[C@H]1O[C@H](CO)[C@](O)([C@@H]2O[C@H](CO)[C@@](O)([C@@H]3O[C@H](CO)[C@H](O)[C@H](O)[C@H]3O)[C@H](O)[C@H]2O)[C@H](O)[C@H]1O. The summed E-state index contributed by atoms with van der Waals surface area (Å²) in [4.78, 5) is 0. The van der Waals surface area contributed by atoms with Crippen LogP contribution in [0.1, 0.15) is 110 Å². The molecular formula is C38H72O16S. The zero-order valence-corrected chi connectivity index (χ0v) is 33.3. The van der Waals surface area contributed by atoms with Gasteiger partial charge in [-0.2, -0.15) is 11.8 Å². The van der Waals surface area contributed by atoms with Crippen LogP contribution in [0, 0.1) is 0 Å². The molecule has 55 heavy (non-hydrogen) atoms. The monoisotopic (exact) mass is 816 g/mol. The Balaban J connectivity index is 1.40. The zero-order valence-electron chi connectivity index (χ0n) is 32.5. The highest BCUT2D eigenvalue weighted by molar-refractivity contribution is 7.99. The van der Waals surface area contributed by atoms with Crippen LogP contribution in [-0.4, -0.2) is 190 Å². The molecule has 0 saturated carbocycles. The average molecular weight is 817 g/mol. The maximum absolute atomic E-state index is 11.7. The van der Waals surface area contributed by atoms with Crippen molar-refractivity contribution in [2.24, 2.45) is 0 Å². The van der Waals surface area contributed by atoms with Crippen LogP contribution in [0.3, 0.4) is 0 Å². The third kappa shape index (κ3) is 12.4. The first kappa shape index (κ1) is 49.1. The molecule has 3 rings (SSSR count). The molecule has 0 bridgehead atoms. The largest absolute Gasteiger partial charge is 0.394 e. The highest BCUT2D eigenvalue weighted by Crippen LogP contribution is 2.44. The number of rotatable bonds is 26. The molecule has 3 aliphatic rings. The van der Waals surface area contributed by atoms with Gasteiger partial charge in [0, 0.05) is 5.75 Å². The lowest BCUT2D eigenvalue weighted by Crippen LogP contribution is -2.82. The first-order chi connectivity index (χ1) is 26.4. The van der Waals surface area contributed by atoms with Crippen molar-refractivity contribution in [1.82, 2.24) is 0 Å². The molecule has 12 N–H and O–H groups in total. The van der Waals surface area contributed by atoms with Crippen LogP contribution in [0.5, 0.6) is 0 Å². The molecule has 0 aromatic carbocycles. The van der Waals surface area contributed by atoms with E-state index in [1.807, 2.05) is 0 Å². The summed E-state index contributed by atoms with van der Waals surface area (Å²) in [5, 5.41) is 129. The van der Waals surface area contributed by atoms with Crippen molar-refractivity contribution in [1.29, 1.82) is 0 Å². The van der Waals surface area contributed by atoms with Crippen LogP contribution in [0.4, 0.5) is 0 Å². The van der Waals surface area contributed by atoms with E-state index in [0.717, 1.165) is 18.6 Å². The van der Waals surface area contributed by atoms with Crippen molar-refractivity contribution in [2.45, 2.75) is 200 Å². The second-order valence-electron chi connectivity index (χ2n) is 15.6. The van der Waals surface area contributed by atoms with Gasteiger partial charge in [0.2, 0.25) is 0 Å². The molecule has 0 aromatic heterocycles. The molecule has 326 valence electrons. The number of ether oxygens (including phenoxy) is 4. The highest BCUT2D eigenvalue weighted by Gasteiger charge is 2.69. The molecule has 0 unspecified atom stereocenters. The van der Waals surface area contributed by atoms with Gasteiger partial charge in [-0.25, -0.2) is 0 Å². The second-order valence-corrected chi connectivity index (χ2v) is 16.8. The van der Waals surface area contributed by atoms with Gasteiger partial charge in [0.25, 0.3) is 0 Å². The van der Waals surface area contributed by atoms with E-state index in [2.05, 4.69) is 6.92 Å². The Bertz CT molecular complexity index is 1030. The van der Waals surface area contributed by atoms with E-state index < -0.39 is 111 Å². The Morgan fingerprint density at radius 2 is 0.945 bits per heavy atom. The molecule has 3 saturated heterocycles. The molecular weight excluding hydrogens is 744 g/mol. The molecule has 0 spiro atoms. The molecule has 17 heteroatoms. The summed E-state index contributed by atoms with van der Waals surface area (Å²) in [5.74, 6) is 1.46. The quantitative estimate of drug-likeness (QED) is 0.0478. The zero-order chi connectivity index (χ0) is 40.6. The van der Waals surface area contributed by atoms with Crippen LogP contribution in [0.25, 0.3) is 0 Å². The van der Waals surface area contributed by atoms with E-state index in [1.165, 1.54) is 89.9 Å². The van der Waals surface area contributed by atoms with Gasteiger partial charge in [0.05, 0.1) is 26.4 Å². The lowest BCUT2D eigenvalue weighted by atomic mass is 9.69. The third-order valence-electron chi connectivity index (χ3n) is 11.6. The van der Waals surface area contributed by atoms with Crippen LogP contribution in [0.15, 0.2) is 0 Å². The van der Waals surface area contributed by atoms with Crippen LogP contribution >= 0.6 is 11.8 Å². The van der Waals surface area contributed by atoms with Gasteiger partial charge in [-0.1, -0.05) is 103 Å². The summed E-state index contributed by atoms with van der Waals surface area (Å²) < 4.78 is 22.3. The Kier molecular flexibility index (Phi) is 22.0. The minimum absolute atomic E-state index is 0.106. The summed E-state index contributed by atoms with van der Waals surface area (Å²) >= 11 is 1.65. The maximum Gasteiger partial charge on any atom is 0.186 e. The first-order valence-electron chi connectivity index (χ1n) is 20.5. The summed E-state index contributed by atoms with van der Waals surface area (Å²) in [7, 11) is 0. The maximum atomic E-state index is 11.7. The van der Waals surface area contributed by atoms with E-state index in [-0.39, 0.29) is 6.61 Å². The van der Waals surface area contributed by atoms with Gasteiger partial charge in [-0.15, -0.1) is 0 Å². The van der Waals surface area contributed by atoms with E-state index in [9.17, 15) is 61.3 Å². The standard InChI is InChI=1S/C38H72O16S/c1-2-3-4-5-6-7-8-9-10-11-12-13-14-15-16-17-19-55-20-18-51-36-31(46)33(48)38(50,26(23-41)54-36)35-30(45)32(47)37(49,25(22-40)53-35)34-29(44)28(43)27(42)24(21-39)52-34/h24-36,39-50H,2-23H2,1H3/t24-,25-,26-,27+,28+,29-,30-,31-,32-,33-,34-,35-,36+,37+,38-/m1/s1. The Labute approximate surface area is 329 Å². The summed E-state index contributed by atoms with van der Waals surface area (Å²) in [6.07, 6.45) is -5.17. The third-order valence-corrected chi connectivity index (χ3v) is 12.6. The smallest absolute Gasteiger partial charge is 0.186 e. The van der Waals surface area contributed by atoms with E-state index in [0.29, 0.717) is 5.75 Å². The van der Waals surface area contributed by atoms with Crippen molar-refractivity contribution >= 4 is 11.8 Å². The summed E-state index contributed by atoms with van der Waals surface area (Å²) in [6, 6.07) is 0. The van der Waals surface area contributed by atoms with Crippen LogP contribution in [-0.2, 0) is 18.9 Å². The molecule has 0 radical (unpaired) electrons. The Morgan fingerprint density at radius 1 is 0.491 bits per heavy atom. The first-order valence-corrected chi connectivity index (χ1v) is 21.7. The second kappa shape index (κ2) is 24.7. The molecule has 3 aliphatic heterocycles. The van der Waals surface area contributed by atoms with Crippen molar-refractivity contribution in [3.63, 3.8) is 0 Å². The molecule has 0 aliphatic carbocycles. The van der Waals surface area contributed by atoms with Crippen molar-refractivity contribution < 1.29 is 80.2 Å². The Hall–Kier alpha value is -0.290. The van der Waals surface area contributed by atoms with Gasteiger partial charge < -0.3 is 80.2 Å². The van der Waals surface area contributed by atoms with Gasteiger partial charge in [0.1, 0.15) is 78.8 Å². The van der Waals surface area contributed by atoms with Crippen molar-refractivity contribution in [2.75, 3.05) is 37.9 Å². The van der Waals surface area contributed by atoms with Crippen LogP contribution in [0.2, 0.25) is 0 Å². The fraction of sp³-hybridized carbons (Fsp3) is 1.00. The lowest BCUT2D eigenvalue weighted by molar-refractivity contribution is -0.394. The normalized spacial score (nSPS) is 39.8. The van der Waals surface area contributed by atoms with Gasteiger partial charge in [0.15, 0.2) is 11.9 Å². The lowest BCUT2D eigenvalue weighted by Gasteiger charge is -2.59. The van der Waals surface area contributed by atoms with Crippen molar-refractivity contribution in [3.05, 3.63) is 0 Å². The summed E-state index contributed by atoms with van der Waals surface area (Å²) in [5.41, 5.74) is -5.79. The average Bonchev–Trinajstić information content (AvgIpc) is 3.18. The number of thioether (sulfide) groups is 1. The predicted molar refractivity (Wildman–Crippen MR) is 202 cm³/mol. The Morgan fingerprint density at radius 3 is 1.44 bits per heavy atom. The number of hydrogen-bond acceptors (Lipinski definition) is 17. The van der Waals surface area contributed by atoms with E-state index in [1.54, 1.807) is 11.8 Å². The number of hydrogen-bond donors (Lipinski definition) is 12. The topological polar surface area (TPSA) is 280 Å². The molecule has 16 nitrogen and oxygen atoms in total. The minimum atomic E-state index is -2.93. The molecule has 3 fully saturated rings. The highest BCUT2D eigenvalue weighted by atomic mass is 32.2. The van der Waals surface area contributed by atoms with Crippen LogP contribution < -0.4 is 0 Å². The fourth-order valence-corrected chi connectivity index (χ4v) is 8.95. The van der Waals surface area contributed by atoms with E-state index in [4.69, 9.17) is 18.9 Å². The van der Waals surface area contributed by atoms with Crippen molar-refractivity contribution in [3.8, 4) is 0 Å². The molecule has 15 atom stereocenters. The minimum Gasteiger partial charge on any atom is -0.394 e. The predicted octanol–water partition coefficient (Wildman–Crippen LogP) is -0.777. The van der Waals surface area contributed by atoms with Gasteiger partial charge >= 0.3 is 0 Å². The molecule has 0 amide bonds. The molecule has 0 aromatic rings.